The van der Waals surface area contributed by atoms with Gasteiger partial charge in [0.15, 0.2) is 0 Å². The molecule has 0 bridgehead atoms. The van der Waals surface area contributed by atoms with Crippen LogP contribution in [0.25, 0.3) is 10.9 Å². The molecule has 20 heavy (non-hydrogen) atoms. The maximum atomic E-state index is 4.91. The summed E-state index contributed by atoms with van der Waals surface area (Å²) in [5, 5.41) is 4.96. The molecule has 1 N–H and O–H groups in total. The fraction of sp³-hybridized carbons (Fsp3) is 0.500. The van der Waals surface area contributed by atoms with E-state index in [4.69, 9.17) is 4.98 Å². The van der Waals surface area contributed by atoms with Crippen molar-refractivity contribution in [2.45, 2.75) is 45.1 Å². The first-order valence-corrected chi connectivity index (χ1v) is 7.97. The molecule has 1 aliphatic rings. The molecular formula is C18H24N2. The van der Waals surface area contributed by atoms with Crippen LogP contribution in [0.5, 0.6) is 0 Å². The molecule has 1 aliphatic carbocycles. The highest BCUT2D eigenvalue weighted by atomic mass is 14.9. The Morgan fingerprint density at radius 1 is 1.15 bits per heavy atom. The van der Waals surface area contributed by atoms with Crippen LogP contribution in [0.2, 0.25) is 0 Å². The molecule has 106 valence electrons. The minimum Gasteiger partial charge on any atom is -0.308 e. The molecule has 2 aromatic rings. The van der Waals surface area contributed by atoms with Gasteiger partial charge >= 0.3 is 0 Å². The van der Waals surface area contributed by atoms with Crippen molar-refractivity contribution in [2.75, 3.05) is 6.54 Å². The monoisotopic (exact) mass is 268 g/mol. The van der Waals surface area contributed by atoms with E-state index in [9.17, 15) is 0 Å². The van der Waals surface area contributed by atoms with Gasteiger partial charge in [-0.2, -0.15) is 0 Å². The van der Waals surface area contributed by atoms with Crippen molar-refractivity contribution in [1.82, 2.24) is 10.3 Å². The molecule has 0 amide bonds. The molecule has 1 unspecified atom stereocenters. The minimum atomic E-state index is 0.432. The first-order valence-electron chi connectivity index (χ1n) is 7.97. The first-order chi connectivity index (χ1) is 9.88. The highest BCUT2D eigenvalue weighted by Crippen LogP contribution is 2.35. The number of hydrogen-bond donors (Lipinski definition) is 1. The van der Waals surface area contributed by atoms with E-state index in [0.29, 0.717) is 6.04 Å². The van der Waals surface area contributed by atoms with Crippen LogP contribution in [0.15, 0.2) is 36.4 Å². The summed E-state index contributed by atoms with van der Waals surface area (Å²) in [7, 11) is 0. The van der Waals surface area contributed by atoms with Crippen LogP contribution in [0, 0.1) is 5.92 Å². The van der Waals surface area contributed by atoms with E-state index in [0.717, 1.165) is 18.0 Å². The number of hydrogen-bond acceptors (Lipinski definition) is 2. The van der Waals surface area contributed by atoms with Crippen LogP contribution in [0.3, 0.4) is 0 Å². The molecule has 1 heterocycles. The third kappa shape index (κ3) is 2.85. The summed E-state index contributed by atoms with van der Waals surface area (Å²) in [5.41, 5.74) is 2.34. The number of pyridine rings is 1. The van der Waals surface area contributed by atoms with Gasteiger partial charge in [-0.05, 0) is 43.9 Å². The summed E-state index contributed by atoms with van der Waals surface area (Å²) in [6.07, 6.45) is 6.62. The van der Waals surface area contributed by atoms with Gasteiger partial charge in [0.1, 0.15) is 0 Å². The van der Waals surface area contributed by atoms with Gasteiger partial charge in [-0.3, -0.25) is 4.98 Å². The molecule has 0 spiro atoms. The fourth-order valence-corrected chi connectivity index (χ4v) is 3.36. The second-order valence-electron chi connectivity index (χ2n) is 5.91. The highest BCUT2D eigenvalue weighted by Gasteiger charge is 2.26. The lowest BCUT2D eigenvalue weighted by molar-refractivity contribution is 0.362. The lowest BCUT2D eigenvalue weighted by Crippen LogP contribution is -2.28. The zero-order chi connectivity index (χ0) is 13.8. The summed E-state index contributed by atoms with van der Waals surface area (Å²) in [6, 6.07) is 13.3. The first kappa shape index (κ1) is 13.6. The quantitative estimate of drug-likeness (QED) is 0.865. The Morgan fingerprint density at radius 2 is 1.95 bits per heavy atom. The molecule has 2 heteroatoms. The summed E-state index contributed by atoms with van der Waals surface area (Å²) >= 11 is 0. The second-order valence-corrected chi connectivity index (χ2v) is 5.91. The van der Waals surface area contributed by atoms with E-state index >= 15 is 0 Å². The summed E-state index contributed by atoms with van der Waals surface area (Å²) < 4.78 is 0. The number of benzene rings is 1. The lowest BCUT2D eigenvalue weighted by atomic mass is 9.94. The number of para-hydroxylation sites is 1. The van der Waals surface area contributed by atoms with Crippen molar-refractivity contribution < 1.29 is 0 Å². The van der Waals surface area contributed by atoms with Crippen molar-refractivity contribution in [3.05, 3.63) is 42.1 Å². The smallest absolute Gasteiger partial charge is 0.0706 e. The molecule has 3 rings (SSSR count). The van der Waals surface area contributed by atoms with Crippen molar-refractivity contribution in [3.63, 3.8) is 0 Å². The van der Waals surface area contributed by atoms with Gasteiger partial charge in [0.2, 0.25) is 0 Å². The van der Waals surface area contributed by atoms with Crippen LogP contribution < -0.4 is 5.32 Å². The van der Waals surface area contributed by atoms with Crippen LogP contribution >= 0.6 is 0 Å². The van der Waals surface area contributed by atoms with Gasteiger partial charge in [0.05, 0.1) is 17.3 Å². The van der Waals surface area contributed by atoms with E-state index in [2.05, 4.69) is 48.6 Å². The number of nitrogens with zero attached hydrogens (tertiary/aromatic N) is 1. The standard InChI is InChI=1S/C18H24N2/c1-2-13-19-18(15-8-3-4-9-15)17-12-11-14-7-5-6-10-16(14)20-17/h5-7,10-12,15,18-19H,2-4,8-9,13H2,1H3. The zero-order valence-electron chi connectivity index (χ0n) is 12.3. The Morgan fingerprint density at radius 3 is 2.75 bits per heavy atom. The van der Waals surface area contributed by atoms with Gasteiger partial charge in [0, 0.05) is 5.39 Å². The van der Waals surface area contributed by atoms with Crippen molar-refractivity contribution in [3.8, 4) is 0 Å². The molecule has 1 fully saturated rings. The van der Waals surface area contributed by atoms with Gasteiger partial charge in [-0.1, -0.05) is 44.0 Å². The normalized spacial score (nSPS) is 17.6. The Balaban J connectivity index is 1.90. The summed E-state index contributed by atoms with van der Waals surface area (Å²) in [4.78, 5) is 4.91. The van der Waals surface area contributed by atoms with Crippen LogP contribution in [-0.4, -0.2) is 11.5 Å². The third-order valence-corrected chi connectivity index (χ3v) is 4.42. The van der Waals surface area contributed by atoms with Gasteiger partial charge in [0.25, 0.3) is 0 Å². The van der Waals surface area contributed by atoms with Crippen LogP contribution in [-0.2, 0) is 0 Å². The SMILES string of the molecule is CCCNC(c1ccc2ccccc2n1)C1CCCC1. The number of aromatic nitrogens is 1. The van der Waals surface area contributed by atoms with E-state index < -0.39 is 0 Å². The largest absolute Gasteiger partial charge is 0.308 e. The van der Waals surface area contributed by atoms with Crippen molar-refractivity contribution in [1.29, 1.82) is 0 Å². The molecular weight excluding hydrogens is 244 g/mol. The molecule has 1 saturated carbocycles. The maximum absolute atomic E-state index is 4.91. The Labute approximate surface area is 121 Å². The van der Waals surface area contributed by atoms with Crippen molar-refractivity contribution in [2.24, 2.45) is 5.92 Å². The molecule has 2 nitrogen and oxygen atoms in total. The van der Waals surface area contributed by atoms with E-state index in [1.54, 1.807) is 0 Å². The van der Waals surface area contributed by atoms with Gasteiger partial charge < -0.3 is 5.32 Å². The summed E-state index contributed by atoms with van der Waals surface area (Å²) in [5.74, 6) is 0.759. The Bertz CT molecular complexity index is 558. The molecule has 1 aromatic heterocycles. The van der Waals surface area contributed by atoms with E-state index in [1.807, 2.05) is 0 Å². The average Bonchev–Trinajstić information content (AvgIpc) is 3.02. The molecule has 1 aromatic carbocycles. The van der Waals surface area contributed by atoms with Gasteiger partial charge in [-0.25, -0.2) is 0 Å². The Kier molecular flexibility index (Phi) is 4.31. The topological polar surface area (TPSA) is 24.9 Å². The fourth-order valence-electron chi connectivity index (χ4n) is 3.36. The second kappa shape index (κ2) is 6.36. The van der Waals surface area contributed by atoms with Crippen LogP contribution in [0.4, 0.5) is 0 Å². The zero-order valence-corrected chi connectivity index (χ0v) is 12.3. The Hall–Kier alpha value is -1.41. The molecule has 0 saturated heterocycles. The number of fused-ring (bicyclic) bond motifs is 1. The predicted molar refractivity (Wildman–Crippen MR) is 84.7 cm³/mol. The third-order valence-electron chi connectivity index (χ3n) is 4.42. The number of rotatable bonds is 5. The maximum Gasteiger partial charge on any atom is 0.0706 e. The van der Waals surface area contributed by atoms with Crippen LogP contribution in [0.1, 0.15) is 50.8 Å². The minimum absolute atomic E-state index is 0.432. The highest BCUT2D eigenvalue weighted by molar-refractivity contribution is 5.78. The van der Waals surface area contributed by atoms with E-state index in [-0.39, 0.29) is 0 Å². The molecule has 0 radical (unpaired) electrons. The number of nitrogens with one attached hydrogen (secondary N) is 1. The lowest BCUT2D eigenvalue weighted by Gasteiger charge is -2.24. The average molecular weight is 268 g/mol. The van der Waals surface area contributed by atoms with Crippen molar-refractivity contribution >= 4 is 10.9 Å². The van der Waals surface area contributed by atoms with E-state index in [1.165, 1.54) is 43.2 Å². The molecule has 0 aliphatic heterocycles. The predicted octanol–water partition coefficient (Wildman–Crippen LogP) is 4.47. The molecule has 1 atom stereocenters. The summed E-state index contributed by atoms with van der Waals surface area (Å²) in [6.45, 7) is 3.31. The van der Waals surface area contributed by atoms with Gasteiger partial charge in [-0.15, -0.1) is 0 Å².